The number of hydrogen-bond donors (Lipinski definition) is 2. The first-order valence-corrected chi connectivity index (χ1v) is 6.01. The average Bonchev–Trinajstić information content (AvgIpc) is 2.26. The summed E-state index contributed by atoms with van der Waals surface area (Å²) in [5.41, 5.74) is 0. The van der Waals surface area contributed by atoms with Crippen LogP contribution in [0.3, 0.4) is 0 Å². The third-order valence-corrected chi connectivity index (χ3v) is 3.06. The summed E-state index contributed by atoms with van der Waals surface area (Å²) in [5, 5.41) is 11.3. The van der Waals surface area contributed by atoms with Crippen molar-refractivity contribution < 1.29 is 9.90 Å². The highest BCUT2D eigenvalue weighted by molar-refractivity contribution is 5.77. The molecule has 1 fully saturated rings. The van der Waals surface area contributed by atoms with Crippen molar-refractivity contribution in [3.8, 4) is 0 Å². The molecule has 1 saturated heterocycles. The average molecular weight is 229 g/mol. The molecule has 1 aliphatic heterocycles. The molecule has 0 bridgehead atoms. The van der Waals surface area contributed by atoms with Gasteiger partial charge in [-0.1, -0.05) is 6.92 Å². The van der Waals surface area contributed by atoms with Crippen molar-refractivity contribution in [2.24, 2.45) is 0 Å². The van der Waals surface area contributed by atoms with Gasteiger partial charge in [0, 0.05) is 32.2 Å². The lowest BCUT2D eigenvalue weighted by Gasteiger charge is -2.38. The molecular formula is C11H23N3O2. The minimum Gasteiger partial charge on any atom is -0.395 e. The number of nitrogens with zero attached hydrogens (tertiary/aromatic N) is 2. The molecular weight excluding hydrogens is 206 g/mol. The fraction of sp³-hybridized carbons (Fsp3) is 0.909. The number of nitrogens with one attached hydrogen (secondary N) is 1. The van der Waals surface area contributed by atoms with Gasteiger partial charge in [0.25, 0.3) is 0 Å². The number of aliphatic hydroxyl groups is 1. The van der Waals surface area contributed by atoms with E-state index in [0.29, 0.717) is 19.1 Å². The quantitative estimate of drug-likeness (QED) is 0.643. The summed E-state index contributed by atoms with van der Waals surface area (Å²) in [6.45, 7) is 9.17. The molecule has 1 aliphatic rings. The Bertz CT molecular complexity index is 223. The van der Waals surface area contributed by atoms with Crippen LogP contribution in [-0.4, -0.2) is 72.7 Å². The van der Waals surface area contributed by atoms with Gasteiger partial charge < -0.3 is 10.4 Å². The molecule has 1 amide bonds. The molecule has 0 saturated carbocycles. The fourth-order valence-electron chi connectivity index (χ4n) is 2.14. The SMILES string of the molecule is CCN1CCN(CC(=O)NCCO)CC1C. The summed E-state index contributed by atoms with van der Waals surface area (Å²) < 4.78 is 0. The lowest BCUT2D eigenvalue weighted by Crippen LogP contribution is -2.53. The van der Waals surface area contributed by atoms with Crippen molar-refractivity contribution in [1.29, 1.82) is 0 Å². The van der Waals surface area contributed by atoms with E-state index in [9.17, 15) is 4.79 Å². The predicted molar refractivity (Wildman–Crippen MR) is 63.2 cm³/mol. The number of amides is 1. The van der Waals surface area contributed by atoms with Gasteiger partial charge in [-0.25, -0.2) is 0 Å². The van der Waals surface area contributed by atoms with Crippen LogP contribution in [0.5, 0.6) is 0 Å². The summed E-state index contributed by atoms with van der Waals surface area (Å²) in [4.78, 5) is 16.0. The van der Waals surface area contributed by atoms with Crippen molar-refractivity contribution >= 4 is 5.91 Å². The van der Waals surface area contributed by atoms with Crippen LogP contribution in [0.15, 0.2) is 0 Å². The van der Waals surface area contributed by atoms with Gasteiger partial charge in [0.2, 0.25) is 5.91 Å². The number of hydrogen-bond acceptors (Lipinski definition) is 4. The highest BCUT2D eigenvalue weighted by Gasteiger charge is 2.23. The summed E-state index contributed by atoms with van der Waals surface area (Å²) >= 11 is 0. The zero-order chi connectivity index (χ0) is 12.0. The van der Waals surface area contributed by atoms with Crippen LogP contribution < -0.4 is 5.32 Å². The second-order valence-electron chi connectivity index (χ2n) is 4.29. The molecule has 1 rings (SSSR count). The van der Waals surface area contributed by atoms with Gasteiger partial charge in [-0.3, -0.25) is 14.6 Å². The van der Waals surface area contributed by atoms with Crippen LogP contribution in [0.25, 0.3) is 0 Å². The topological polar surface area (TPSA) is 55.8 Å². The standard InChI is InChI=1S/C11H23N3O2/c1-3-14-6-5-13(8-10(14)2)9-11(16)12-4-7-15/h10,15H,3-9H2,1-2H3,(H,12,16). The number of piperazine rings is 1. The summed E-state index contributed by atoms with van der Waals surface area (Å²) in [6.07, 6.45) is 0. The normalized spacial score (nSPS) is 23.3. The number of carbonyl (C=O) groups excluding carboxylic acids is 1. The molecule has 0 aliphatic carbocycles. The number of aliphatic hydroxyl groups excluding tert-OH is 1. The van der Waals surface area contributed by atoms with E-state index in [-0.39, 0.29) is 12.5 Å². The van der Waals surface area contributed by atoms with E-state index in [4.69, 9.17) is 5.11 Å². The van der Waals surface area contributed by atoms with E-state index in [1.165, 1.54) is 0 Å². The Labute approximate surface area is 97.4 Å². The lowest BCUT2D eigenvalue weighted by atomic mass is 10.2. The van der Waals surface area contributed by atoms with Crippen LogP contribution in [0.1, 0.15) is 13.8 Å². The third kappa shape index (κ3) is 4.08. The minimum atomic E-state index is 0.00571. The van der Waals surface area contributed by atoms with Gasteiger partial charge in [-0.05, 0) is 13.5 Å². The van der Waals surface area contributed by atoms with Gasteiger partial charge in [-0.15, -0.1) is 0 Å². The Balaban J connectivity index is 2.26. The van der Waals surface area contributed by atoms with Crippen molar-refractivity contribution in [1.82, 2.24) is 15.1 Å². The van der Waals surface area contributed by atoms with E-state index in [0.717, 1.165) is 26.2 Å². The third-order valence-electron chi connectivity index (χ3n) is 3.06. The monoisotopic (exact) mass is 229 g/mol. The molecule has 0 aromatic heterocycles. The molecule has 1 unspecified atom stereocenters. The molecule has 5 nitrogen and oxygen atoms in total. The lowest BCUT2D eigenvalue weighted by molar-refractivity contribution is -0.123. The summed E-state index contributed by atoms with van der Waals surface area (Å²) in [5.74, 6) is 0.00574. The molecule has 0 aromatic carbocycles. The van der Waals surface area contributed by atoms with Gasteiger partial charge in [0.15, 0.2) is 0 Å². The van der Waals surface area contributed by atoms with Crippen molar-refractivity contribution in [3.63, 3.8) is 0 Å². The minimum absolute atomic E-state index is 0.00571. The van der Waals surface area contributed by atoms with Crippen molar-refractivity contribution in [3.05, 3.63) is 0 Å². The molecule has 2 N–H and O–H groups in total. The van der Waals surface area contributed by atoms with Crippen LogP contribution >= 0.6 is 0 Å². The zero-order valence-corrected chi connectivity index (χ0v) is 10.3. The van der Waals surface area contributed by atoms with Crippen molar-refractivity contribution in [2.45, 2.75) is 19.9 Å². The predicted octanol–water partition coefficient (Wildman–Crippen LogP) is -0.879. The Morgan fingerprint density at radius 2 is 2.25 bits per heavy atom. The van der Waals surface area contributed by atoms with Gasteiger partial charge >= 0.3 is 0 Å². The van der Waals surface area contributed by atoms with E-state index in [2.05, 4.69) is 29.0 Å². The first kappa shape index (κ1) is 13.4. The van der Waals surface area contributed by atoms with Gasteiger partial charge in [0.1, 0.15) is 0 Å². The number of likely N-dealkylation sites (N-methyl/N-ethyl adjacent to an activating group) is 1. The largest absolute Gasteiger partial charge is 0.395 e. The molecule has 1 heterocycles. The maximum absolute atomic E-state index is 11.5. The van der Waals surface area contributed by atoms with Gasteiger partial charge in [0.05, 0.1) is 13.2 Å². The first-order chi connectivity index (χ1) is 7.67. The Kier molecular flexibility index (Phi) is 5.73. The number of rotatable bonds is 5. The number of carbonyl (C=O) groups is 1. The molecule has 0 spiro atoms. The van der Waals surface area contributed by atoms with Crippen molar-refractivity contribution in [2.75, 3.05) is 45.9 Å². The molecule has 0 radical (unpaired) electrons. The van der Waals surface area contributed by atoms with Crippen LogP contribution in [0.4, 0.5) is 0 Å². The van der Waals surface area contributed by atoms with E-state index < -0.39 is 0 Å². The smallest absolute Gasteiger partial charge is 0.234 e. The van der Waals surface area contributed by atoms with E-state index in [1.807, 2.05) is 0 Å². The summed E-state index contributed by atoms with van der Waals surface area (Å²) in [6, 6.07) is 0.518. The fourth-order valence-corrected chi connectivity index (χ4v) is 2.14. The Morgan fingerprint density at radius 3 is 2.81 bits per heavy atom. The molecule has 1 atom stereocenters. The second kappa shape index (κ2) is 6.83. The van der Waals surface area contributed by atoms with Gasteiger partial charge in [-0.2, -0.15) is 0 Å². The first-order valence-electron chi connectivity index (χ1n) is 6.01. The van der Waals surface area contributed by atoms with Crippen LogP contribution in [-0.2, 0) is 4.79 Å². The van der Waals surface area contributed by atoms with E-state index in [1.54, 1.807) is 0 Å². The molecule has 16 heavy (non-hydrogen) atoms. The van der Waals surface area contributed by atoms with Crippen LogP contribution in [0.2, 0.25) is 0 Å². The highest BCUT2D eigenvalue weighted by atomic mass is 16.3. The maximum atomic E-state index is 11.5. The molecule has 5 heteroatoms. The Morgan fingerprint density at radius 1 is 1.50 bits per heavy atom. The Hall–Kier alpha value is -0.650. The molecule has 0 aromatic rings. The highest BCUT2D eigenvalue weighted by Crippen LogP contribution is 2.08. The molecule has 94 valence electrons. The van der Waals surface area contributed by atoms with E-state index >= 15 is 0 Å². The van der Waals surface area contributed by atoms with Crippen LogP contribution in [0, 0.1) is 0 Å². The zero-order valence-electron chi connectivity index (χ0n) is 10.3. The second-order valence-corrected chi connectivity index (χ2v) is 4.29. The maximum Gasteiger partial charge on any atom is 0.234 e. The summed E-state index contributed by atoms with van der Waals surface area (Å²) in [7, 11) is 0.